The fourth-order valence-electron chi connectivity index (χ4n) is 2.71. The van der Waals surface area contributed by atoms with Crippen molar-refractivity contribution in [1.29, 1.82) is 0 Å². The van der Waals surface area contributed by atoms with Crippen molar-refractivity contribution in [3.8, 4) is 0 Å². The van der Waals surface area contributed by atoms with Crippen LogP contribution in [0.3, 0.4) is 0 Å². The van der Waals surface area contributed by atoms with Crippen LogP contribution in [0.4, 0.5) is 5.69 Å². The molecule has 3 aromatic rings. The van der Waals surface area contributed by atoms with E-state index in [4.69, 9.17) is 0 Å². The van der Waals surface area contributed by atoms with E-state index in [1.54, 1.807) is 11.3 Å². The van der Waals surface area contributed by atoms with Crippen molar-refractivity contribution < 1.29 is 4.79 Å². The van der Waals surface area contributed by atoms with Gasteiger partial charge >= 0.3 is 0 Å². The first kappa shape index (κ1) is 18.7. The van der Waals surface area contributed by atoms with Gasteiger partial charge in [-0.05, 0) is 43.8 Å². The molecule has 26 heavy (non-hydrogen) atoms. The number of hydrogen-bond acceptors (Lipinski definition) is 5. The lowest BCUT2D eigenvalue weighted by Gasteiger charge is -2.09. The highest BCUT2D eigenvalue weighted by Crippen LogP contribution is 2.21. The van der Waals surface area contributed by atoms with Gasteiger partial charge in [-0.25, -0.2) is 0 Å². The second-order valence-electron chi connectivity index (χ2n) is 6.05. The molecule has 1 amide bonds. The Balaban J connectivity index is 1.62. The molecule has 136 valence electrons. The largest absolute Gasteiger partial charge is 0.325 e. The summed E-state index contributed by atoms with van der Waals surface area (Å²) in [4.78, 5) is 13.6. The molecule has 0 aliphatic heterocycles. The molecule has 1 aromatic carbocycles. The van der Waals surface area contributed by atoms with Gasteiger partial charge in [-0.2, -0.15) is 0 Å². The van der Waals surface area contributed by atoms with Crippen LogP contribution in [0.2, 0.25) is 0 Å². The number of thiophene rings is 1. The first-order valence-corrected chi connectivity index (χ1v) is 10.4. The highest BCUT2D eigenvalue weighted by Gasteiger charge is 2.14. The summed E-state index contributed by atoms with van der Waals surface area (Å²) in [6.45, 7) is 6.90. The maximum Gasteiger partial charge on any atom is 0.234 e. The molecule has 0 spiro atoms. The van der Waals surface area contributed by atoms with Crippen molar-refractivity contribution in [2.45, 2.75) is 38.9 Å². The number of carbonyl (C=O) groups is 1. The van der Waals surface area contributed by atoms with Crippen molar-refractivity contribution in [2.75, 3.05) is 11.1 Å². The summed E-state index contributed by atoms with van der Waals surface area (Å²) in [5.41, 5.74) is 3.11. The number of thioether (sulfide) groups is 1. The minimum atomic E-state index is -0.0348. The topological polar surface area (TPSA) is 59.8 Å². The Morgan fingerprint density at radius 2 is 2.12 bits per heavy atom. The van der Waals surface area contributed by atoms with E-state index >= 15 is 0 Å². The van der Waals surface area contributed by atoms with Gasteiger partial charge in [0, 0.05) is 23.5 Å². The summed E-state index contributed by atoms with van der Waals surface area (Å²) in [6, 6.07) is 10.2. The maximum absolute atomic E-state index is 12.3. The number of rotatable bonds is 7. The lowest BCUT2D eigenvalue weighted by Crippen LogP contribution is -2.15. The third-order valence-corrected chi connectivity index (χ3v) is 5.85. The van der Waals surface area contributed by atoms with Crippen molar-refractivity contribution in [3.63, 3.8) is 0 Å². The second kappa shape index (κ2) is 8.51. The molecule has 0 fully saturated rings. The van der Waals surface area contributed by atoms with E-state index in [9.17, 15) is 4.79 Å². The fraction of sp³-hybridized carbons (Fsp3) is 0.316. The smallest absolute Gasteiger partial charge is 0.234 e. The Labute approximate surface area is 161 Å². The summed E-state index contributed by atoms with van der Waals surface area (Å²) < 4.78 is 2.08. The van der Waals surface area contributed by atoms with Gasteiger partial charge in [0.1, 0.15) is 5.82 Å². The number of aryl methyl sites for hydroxylation is 2. The van der Waals surface area contributed by atoms with Crippen molar-refractivity contribution >= 4 is 34.7 Å². The SMILES string of the molecule is CCn1c(Cc2cccs2)nnc1SCC(=O)Nc1ccc(C)cc1C. The zero-order valence-electron chi connectivity index (χ0n) is 15.2. The van der Waals surface area contributed by atoms with E-state index in [1.807, 2.05) is 32.0 Å². The van der Waals surface area contributed by atoms with E-state index in [0.29, 0.717) is 5.75 Å². The monoisotopic (exact) mass is 386 g/mol. The molecular formula is C19H22N4OS2. The molecule has 2 aromatic heterocycles. The van der Waals surface area contributed by atoms with Crippen LogP contribution in [-0.4, -0.2) is 26.4 Å². The number of nitrogens with zero attached hydrogens (tertiary/aromatic N) is 3. The van der Waals surface area contributed by atoms with E-state index in [2.05, 4.69) is 44.5 Å². The van der Waals surface area contributed by atoms with Gasteiger partial charge in [0.05, 0.1) is 5.75 Å². The van der Waals surface area contributed by atoms with Crippen molar-refractivity contribution in [3.05, 3.63) is 57.5 Å². The van der Waals surface area contributed by atoms with Crippen LogP contribution < -0.4 is 5.32 Å². The van der Waals surface area contributed by atoms with Crippen molar-refractivity contribution in [1.82, 2.24) is 14.8 Å². The van der Waals surface area contributed by atoms with E-state index in [1.165, 1.54) is 22.2 Å². The van der Waals surface area contributed by atoms with Crippen LogP contribution in [0.25, 0.3) is 0 Å². The predicted octanol–water partition coefficient (Wildman–Crippen LogP) is 4.30. The quantitative estimate of drug-likeness (QED) is 0.615. The minimum Gasteiger partial charge on any atom is -0.325 e. The molecule has 0 aliphatic carbocycles. The van der Waals surface area contributed by atoms with Gasteiger partial charge in [-0.15, -0.1) is 21.5 Å². The molecule has 0 radical (unpaired) electrons. The number of hydrogen-bond donors (Lipinski definition) is 1. The van der Waals surface area contributed by atoms with E-state index < -0.39 is 0 Å². The molecule has 0 aliphatic rings. The Morgan fingerprint density at radius 1 is 1.27 bits per heavy atom. The molecule has 7 heteroatoms. The van der Waals surface area contributed by atoms with Crippen LogP contribution >= 0.6 is 23.1 Å². The Morgan fingerprint density at radius 3 is 2.81 bits per heavy atom. The van der Waals surface area contributed by atoms with Crippen LogP contribution in [-0.2, 0) is 17.8 Å². The van der Waals surface area contributed by atoms with Gasteiger partial charge in [-0.3, -0.25) is 4.79 Å². The van der Waals surface area contributed by atoms with Crippen LogP contribution in [0.1, 0.15) is 28.8 Å². The van der Waals surface area contributed by atoms with E-state index in [0.717, 1.165) is 35.2 Å². The Bertz CT molecular complexity index is 887. The third kappa shape index (κ3) is 4.53. The number of nitrogens with one attached hydrogen (secondary N) is 1. The molecule has 0 saturated heterocycles. The van der Waals surface area contributed by atoms with Crippen LogP contribution in [0.5, 0.6) is 0 Å². The highest BCUT2D eigenvalue weighted by atomic mass is 32.2. The zero-order chi connectivity index (χ0) is 18.5. The lowest BCUT2D eigenvalue weighted by atomic mass is 10.1. The number of aromatic nitrogens is 3. The van der Waals surface area contributed by atoms with Crippen LogP contribution in [0.15, 0.2) is 40.9 Å². The summed E-state index contributed by atoms with van der Waals surface area (Å²) in [7, 11) is 0. The minimum absolute atomic E-state index is 0.0348. The molecular weight excluding hydrogens is 364 g/mol. The number of carbonyl (C=O) groups excluding carboxylic acids is 1. The summed E-state index contributed by atoms with van der Waals surface area (Å²) in [6.07, 6.45) is 0.772. The molecule has 0 bridgehead atoms. The summed E-state index contributed by atoms with van der Waals surface area (Å²) in [5.74, 6) is 1.21. The van der Waals surface area contributed by atoms with Gasteiger partial charge < -0.3 is 9.88 Å². The number of benzene rings is 1. The van der Waals surface area contributed by atoms with Gasteiger partial charge in [0.2, 0.25) is 5.91 Å². The molecule has 0 unspecified atom stereocenters. The van der Waals surface area contributed by atoms with Crippen LogP contribution in [0, 0.1) is 13.8 Å². The molecule has 1 N–H and O–H groups in total. The first-order chi connectivity index (χ1) is 12.6. The fourth-order valence-corrected chi connectivity index (χ4v) is 4.24. The second-order valence-corrected chi connectivity index (χ2v) is 8.03. The molecule has 0 saturated carbocycles. The predicted molar refractivity (Wildman–Crippen MR) is 108 cm³/mol. The third-order valence-electron chi connectivity index (χ3n) is 4.01. The highest BCUT2D eigenvalue weighted by molar-refractivity contribution is 7.99. The maximum atomic E-state index is 12.3. The lowest BCUT2D eigenvalue weighted by molar-refractivity contribution is -0.113. The average Bonchev–Trinajstić information content (AvgIpc) is 3.25. The molecule has 0 atom stereocenters. The van der Waals surface area contributed by atoms with Gasteiger partial charge in [0.15, 0.2) is 5.16 Å². The van der Waals surface area contributed by atoms with E-state index in [-0.39, 0.29) is 5.91 Å². The Hall–Kier alpha value is -2.12. The average molecular weight is 387 g/mol. The van der Waals surface area contributed by atoms with Gasteiger partial charge in [-0.1, -0.05) is 35.5 Å². The Kier molecular flexibility index (Phi) is 6.11. The molecule has 2 heterocycles. The molecule has 5 nitrogen and oxygen atoms in total. The van der Waals surface area contributed by atoms with Crippen molar-refractivity contribution in [2.24, 2.45) is 0 Å². The number of amides is 1. The summed E-state index contributed by atoms with van der Waals surface area (Å²) in [5, 5.41) is 14.4. The standard InChI is InChI=1S/C19H22N4OS2/c1-4-23-17(11-15-6-5-9-25-15)21-22-19(23)26-12-18(24)20-16-8-7-13(2)10-14(16)3/h5-10H,4,11-12H2,1-3H3,(H,20,24). The normalized spacial score (nSPS) is 10.9. The number of anilines is 1. The first-order valence-electron chi connectivity index (χ1n) is 8.51. The molecule has 3 rings (SSSR count). The van der Waals surface area contributed by atoms with Gasteiger partial charge in [0.25, 0.3) is 0 Å². The summed E-state index contributed by atoms with van der Waals surface area (Å²) >= 11 is 3.14. The zero-order valence-corrected chi connectivity index (χ0v) is 16.8.